The molecule has 0 radical (unpaired) electrons. The molecule has 0 aliphatic carbocycles. The first-order valence-corrected chi connectivity index (χ1v) is 5.88. The molecule has 1 N–H and O–H groups in total. The number of hydrogen-bond acceptors (Lipinski definition) is 4. The van der Waals surface area contributed by atoms with Gasteiger partial charge in [-0.3, -0.25) is 4.79 Å². The summed E-state index contributed by atoms with van der Waals surface area (Å²) >= 11 is 0. The van der Waals surface area contributed by atoms with Crippen LogP contribution in [0, 0.1) is 0 Å². The van der Waals surface area contributed by atoms with Crippen molar-refractivity contribution in [2.45, 2.75) is 13.0 Å². The number of nitrogens with zero attached hydrogens (tertiary/aromatic N) is 1. The summed E-state index contributed by atoms with van der Waals surface area (Å²) in [6.45, 7) is 2.37. The van der Waals surface area contributed by atoms with Crippen molar-refractivity contribution < 1.29 is 14.3 Å². The van der Waals surface area contributed by atoms with Gasteiger partial charge in [0.25, 0.3) is 0 Å². The Morgan fingerprint density at radius 2 is 2.05 bits per heavy atom. The van der Waals surface area contributed by atoms with Crippen LogP contribution in [0.4, 0.5) is 0 Å². The Balaban J connectivity index is 0.00000180. The van der Waals surface area contributed by atoms with Crippen molar-refractivity contribution in [1.82, 2.24) is 10.2 Å². The summed E-state index contributed by atoms with van der Waals surface area (Å²) < 4.78 is 10.7. The van der Waals surface area contributed by atoms with E-state index in [-0.39, 0.29) is 31.1 Å². The van der Waals surface area contributed by atoms with Crippen LogP contribution >= 0.6 is 12.4 Å². The zero-order chi connectivity index (χ0) is 13.1. The van der Waals surface area contributed by atoms with E-state index in [0.717, 1.165) is 17.1 Å². The molecule has 19 heavy (non-hydrogen) atoms. The molecule has 0 fully saturated rings. The summed E-state index contributed by atoms with van der Waals surface area (Å²) in [5.41, 5.74) is 1.10. The van der Waals surface area contributed by atoms with Crippen molar-refractivity contribution in [2.75, 3.05) is 27.4 Å². The normalized spacial score (nSPS) is 13.9. The standard InChI is InChI=1S/C13H18N2O3.ClH/c1-9(16)14-7-11(15(2)3)10-4-5-12-13(6-10)18-8-17-12;/h4-6,11H,7-8H2,1-3H3,(H,14,16);1H. The number of benzene rings is 1. The van der Waals surface area contributed by atoms with Gasteiger partial charge in [0, 0.05) is 13.5 Å². The number of nitrogens with one attached hydrogen (secondary N) is 1. The van der Waals surface area contributed by atoms with Crippen LogP contribution in [0.15, 0.2) is 18.2 Å². The van der Waals surface area contributed by atoms with Gasteiger partial charge in [0.1, 0.15) is 0 Å². The lowest BCUT2D eigenvalue weighted by Crippen LogP contribution is -2.33. The maximum absolute atomic E-state index is 11.0. The van der Waals surface area contributed by atoms with Crippen LogP contribution in [-0.4, -0.2) is 38.2 Å². The van der Waals surface area contributed by atoms with Gasteiger partial charge in [-0.2, -0.15) is 0 Å². The van der Waals surface area contributed by atoms with Gasteiger partial charge in [-0.15, -0.1) is 12.4 Å². The number of halogens is 1. The van der Waals surface area contributed by atoms with Crippen molar-refractivity contribution in [3.63, 3.8) is 0 Å². The fraction of sp³-hybridized carbons (Fsp3) is 0.462. The third-order valence-electron chi connectivity index (χ3n) is 2.95. The van der Waals surface area contributed by atoms with Crippen LogP contribution in [0.25, 0.3) is 0 Å². The third kappa shape index (κ3) is 3.75. The first-order valence-electron chi connectivity index (χ1n) is 5.88. The van der Waals surface area contributed by atoms with Crippen LogP contribution < -0.4 is 14.8 Å². The maximum atomic E-state index is 11.0. The van der Waals surface area contributed by atoms with Gasteiger partial charge < -0.3 is 19.7 Å². The highest BCUT2D eigenvalue weighted by atomic mass is 35.5. The second-order valence-corrected chi connectivity index (χ2v) is 4.53. The molecular formula is C13H19ClN2O3. The number of ether oxygens (including phenoxy) is 2. The van der Waals surface area contributed by atoms with E-state index >= 15 is 0 Å². The summed E-state index contributed by atoms with van der Waals surface area (Å²) in [5.74, 6) is 1.51. The maximum Gasteiger partial charge on any atom is 0.231 e. The van der Waals surface area contributed by atoms with E-state index in [4.69, 9.17) is 9.47 Å². The van der Waals surface area contributed by atoms with Crippen molar-refractivity contribution in [1.29, 1.82) is 0 Å². The Morgan fingerprint density at radius 1 is 1.37 bits per heavy atom. The van der Waals surface area contributed by atoms with E-state index < -0.39 is 0 Å². The Bertz CT molecular complexity index is 452. The second kappa shape index (κ2) is 6.63. The van der Waals surface area contributed by atoms with Crippen molar-refractivity contribution in [3.05, 3.63) is 23.8 Å². The first-order chi connectivity index (χ1) is 8.58. The van der Waals surface area contributed by atoms with Gasteiger partial charge in [0.15, 0.2) is 11.5 Å². The molecule has 0 saturated heterocycles. The highest BCUT2D eigenvalue weighted by Crippen LogP contribution is 2.34. The van der Waals surface area contributed by atoms with Gasteiger partial charge in [-0.1, -0.05) is 6.07 Å². The molecule has 1 unspecified atom stereocenters. The Labute approximate surface area is 119 Å². The van der Waals surface area contributed by atoms with E-state index in [1.807, 2.05) is 32.3 Å². The highest BCUT2D eigenvalue weighted by Gasteiger charge is 2.19. The molecule has 6 heteroatoms. The topological polar surface area (TPSA) is 50.8 Å². The number of carbonyl (C=O) groups excluding carboxylic acids is 1. The van der Waals surface area contributed by atoms with E-state index in [2.05, 4.69) is 10.2 Å². The average molecular weight is 287 g/mol. The SMILES string of the molecule is CC(=O)NCC(c1ccc2c(c1)OCO2)N(C)C.Cl. The third-order valence-corrected chi connectivity index (χ3v) is 2.95. The van der Waals surface area contributed by atoms with E-state index in [0.29, 0.717) is 6.54 Å². The summed E-state index contributed by atoms with van der Waals surface area (Å²) in [4.78, 5) is 13.1. The molecule has 1 aromatic rings. The predicted molar refractivity (Wildman–Crippen MR) is 74.9 cm³/mol. The lowest BCUT2D eigenvalue weighted by Gasteiger charge is -2.25. The molecule has 1 heterocycles. The van der Waals surface area contributed by atoms with Gasteiger partial charge in [0.2, 0.25) is 12.7 Å². The molecule has 0 saturated carbocycles. The number of hydrogen-bond donors (Lipinski definition) is 1. The van der Waals surface area contributed by atoms with Crippen LogP contribution in [0.5, 0.6) is 11.5 Å². The Kier molecular flexibility index (Phi) is 5.44. The minimum atomic E-state index is -0.0254. The van der Waals surface area contributed by atoms with Crippen molar-refractivity contribution in [3.8, 4) is 11.5 Å². The molecule has 0 bridgehead atoms. The molecule has 0 aromatic heterocycles. The average Bonchev–Trinajstić information content (AvgIpc) is 2.75. The lowest BCUT2D eigenvalue weighted by molar-refractivity contribution is -0.119. The minimum Gasteiger partial charge on any atom is -0.454 e. The first kappa shape index (κ1) is 15.6. The minimum absolute atomic E-state index is 0. The molecule has 5 nitrogen and oxygen atoms in total. The number of carbonyl (C=O) groups is 1. The molecule has 1 aliphatic rings. The summed E-state index contributed by atoms with van der Waals surface area (Å²) in [7, 11) is 3.97. The molecule has 1 aliphatic heterocycles. The quantitative estimate of drug-likeness (QED) is 0.913. The van der Waals surface area contributed by atoms with E-state index in [1.54, 1.807) is 0 Å². The van der Waals surface area contributed by atoms with Gasteiger partial charge >= 0.3 is 0 Å². The number of amides is 1. The lowest BCUT2D eigenvalue weighted by atomic mass is 10.1. The molecular weight excluding hydrogens is 268 g/mol. The second-order valence-electron chi connectivity index (χ2n) is 4.53. The molecule has 1 atom stereocenters. The van der Waals surface area contributed by atoms with Crippen LogP contribution in [0.2, 0.25) is 0 Å². The Morgan fingerprint density at radius 3 is 2.68 bits per heavy atom. The monoisotopic (exact) mass is 286 g/mol. The van der Waals surface area contributed by atoms with Gasteiger partial charge in [-0.05, 0) is 31.8 Å². The number of likely N-dealkylation sites (N-methyl/N-ethyl adjacent to an activating group) is 1. The van der Waals surface area contributed by atoms with E-state index in [1.165, 1.54) is 6.92 Å². The zero-order valence-electron chi connectivity index (χ0n) is 11.3. The van der Waals surface area contributed by atoms with Crippen LogP contribution in [-0.2, 0) is 4.79 Å². The molecule has 0 spiro atoms. The van der Waals surface area contributed by atoms with Crippen molar-refractivity contribution in [2.24, 2.45) is 0 Å². The van der Waals surface area contributed by atoms with Crippen LogP contribution in [0.1, 0.15) is 18.5 Å². The van der Waals surface area contributed by atoms with Crippen LogP contribution in [0.3, 0.4) is 0 Å². The van der Waals surface area contributed by atoms with E-state index in [9.17, 15) is 4.79 Å². The Hall–Kier alpha value is -1.46. The smallest absolute Gasteiger partial charge is 0.231 e. The summed E-state index contributed by atoms with van der Waals surface area (Å²) in [6, 6.07) is 5.99. The molecule has 1 amide bonds. The number of rotatable bonds is 4. The molecule has 2 rings (SSSR count). The van der Waals surface area contributed by atoms with Gasteiger partial charge in [0.05, 0.1) is 6.04 Å². The van der Waals surface area contributed by atoms with Gasteiger partial charge in [-0.25, -0.2) is 0 Å². The number of fused-ring (bicyclic) bond motifs is 1. The fourth-order valence-corrected chi connectivity index (χ4v) is 1.96. The van der Waals surface area contributed by atoms with Crippen molar-refractivity contribution >= 4 is 18.3 Å². The largest absolute Gasteiger partial charge is 0.454 e. The highest BCUT2D eigenvalue weighted by molar-refractivity contribution is 5.85. The predicted octanol–water partition coefficient (Wildman–Crippen LogP) is 1.58. The summed E-state index contributed by atoms with van der Waals surface area (Å²) in [6.07, 6.45) is 0. The summed E-state index contributed by atoms with van der Waals surface area (Å²) in [5, 5.41) is 2.84. The molecule has 1 aromatic carbocycles. The molecule has 106 valence electrons. The zero-order valence-corrected chi connectivity index (χ0v) is 12.1. The fourth-order valence-electron chi connectivity index (χ4n) is 1.96.